The van der Waals surface area contributed by atoms with Crippen LogP contribution in [0.5, 0.6) is 0 Å². The molecule has 15 heavy (non-hydrogen) atoms. The van der Waals surface area contributed by atoms with Gasteiger partial charge in [0.25, 0.3) is 0 Å². The SMILES string of the molecule is CCC1(c2nnc(CN)n2C)CCCC1. The summed E-state index contributed by atoms with van der Waals surface area (Å²) in [7, 11) is 2.03. The van der Waals surface area contributed by atoms with Crippen LogP contribution < -0.4 is 5.73 Å². The molecule has 0 saturated heterocycles. The Balaban J connectivity index is 2.38. The first-order valence-corrected chi connectivity index (χ1v) is 5.82. The van der Waals surface area contributed by atoms with Crippen LogP contribution in [0.4, 0.5) is 0 Å². The van der Waals surface area contributed by atoms with Crippen molar-refractivity contribution in [2.45, 2.75) is 51.0 Å². The molecule has 1 fully saturated rings. The number of hydrogen-bond acceptors (Lipinski definition) is 3. The number of hydrogen-bond donors (Lipinski definition) is 1. The van der Waals surface area contributed by atoms with Crippen LogP contribution >= 0.6 is 0 Å². The maximum absolute atomic E-state index is 5.62. The molecule has 1 aromatic rings. The van der Waals surface area contributed by atoms with Crippen LogP contribution in [-0.2, 0) is 19.0 Å². The Hall–Kier alpha value is -0.900. The van der Waals surface area contributed by atoms with Gasteiger partial charge in [-0.15, -0.1) is 10.2 Å². The van der Waals surface area contributed by atoms with E-state index in [0.29, 0.717) is 6.54 Å². The Kier molecular flexibility index (Phi) is 2.78. The predicted octanol–water partition coefficient (Wildman–Crippen LogP) is 1.50. The third-order valence-electron chi connectivity index (χ3n) is 3.86. The lowest BCUT2D eigenvalue weighted by Gasteiger charge is -2.26. The normalized spacial score (nSPS) is 19.7. The molecule has 2 N–H and O–H groups in total. The Morgan fingerprint density at radius 3 is 2.47 bits per heavy atom. The van der Waals surface area contributed by atoms with Crippen molar-refractivity contribution in [1.29, 1.82) is 0 Å². The molecule has 1 aliphatic rings. The van der Waals surface area contributed by atoms with E-state index in [4.69, 9.17) is 5.73 Å². The quantitative estimate of drug-likeness (QED) is 0.819. The highest BCUT2D eigenvalue weighted by atomic mass is 15.3. The van der Waals surface area contributed by atoms with Gasteiger partial charge < -0.3 is 10.3 Å². The highest BCUT2D eigenvalue weighted by Gasteiger charge is 2.38. The zero-order valence-corrected chi connectivity index (χ0v) is 9.66. The number of aromatic nitrogens is 3. The molecule has 4 heteroatoms. The summed E-state index contributed by atoms with van der Waals surface area (Å²) in [6.07, 6.45) is 6.29. The van der Waals surface area contributed by atoms with Crippen LogP contribution in [0.2, 0.25) is 0 Å². The highest BCUT2D eigenvalue weighted by molar-refractivity contribution is 5.12. The van der Waals surface area contributed by atoms with Gasteiger partial charge in [0.2, 0.25) is 0 Å². The minimum absolute atomic E-state index is 0.273. The van der Waals surface area contributed by atoms with Crippen LogP contribution in [0.1, 0.15) is 50.7 Å². The second-order valence-corrected chi connectivity index (χ2v) is 4.54. The van der Waals surface area contributed by atoms with Crippen LogP contribution in [0.15, 0.2) is 0 Å². The van der Waals surface area contributed by atoms with E-state index < -0.39 is 0 Å². The molecule has 4 nitrogen and oxygen atoms in total. The fourth-order valence-electron chi connectivity index (χ4n) is 2.79. The van der Waals surface area contributed by atoms with Crippen molar-refractivity contribution in [2.24, 2.45) is 12.8 Å². The average molecular weight is 208 g/mol. The molecular formula is C11H20N4. The lowest BCUT2D eigenvalue weighted by molar-refractivity contribution is 0.384. The van der Waals surface area contributed by atoms with Crippen molar-refractivity contribution < 1.29 is 0 Å². The highest BCUT2D eigenvalue weighted by Crippen LogP contribution is 2.42. The molecule has 0 bridgehead atoms. The first kappa shape index (κ1) is 10.6. The average Bonchev–Trinajstić information content (AvgIpc) is 2.85. The molecule has 0 aliphatic heterocycles. The van der Waals surface area contributed by atoms with Gasteiger partial charge in [-0.2, -0.15) is 0 Å². The third kappa shape index (κ3) is 1.57. The monoisotopic (exact) mass is 208 g/mol. The second-order valence-electron chi connectivity index (χ2n) is 4.54. The van der Waals surface area contributed by atoms with E-state index in [1.54, 1.807) is 0 Å². The fourth-order valence-corrected chi connectivity index (χ4v) is 2.79. The molecule has 0 aromatic carbocycles. The smallest absolute Gasteiger partial charge is 0.146 e. The fraction of sp³-hybridized carbons (Fsp3) is 0.818. The van der Waals surface area contributed by atoms with Crippen LogP contribution in [0.25, 0.3) is 0 Å². The predicted molar refractivity (Wildman–Crippen MR) is 59.3 cm³/mol. The molecule has 2 rings (SSSR count). The summed E-state index contributed by atoms with van der Waals surface area (Å²) < 4.78 is 2.09. The van der Waals surface area contributed by atoms with E-state index in [1.165, 1.54) is 25.7 Å². The first-order chi connectivity index (χ1) is 7.23. The summed E-state index contributed by atoms with van der Waals surface area (Å²) in [5.74, 6) is 2.03. The number of rotatable bonds is 3. The lowest BCUT2D eigenvalue weighted by Crippen LogP contribution is -2.25. The molecule has 0 spiro atoms. The minimum Gasteiger partial charge on any atom is -0.324 e. The maximum Gasteiger partial charge on any atom is 0.146 e. The van der Waals surface area contributed by atoms with Crippen molar-refractivity contribution in [3.8, 4) is 0 Å². The van der Waals surface area contributed by atoms with E-state index >= 15 is 0 Å². The van der Waals surface area contributed by atoms with Gasteiger partial charge in [-0.1, -0.05) is 19.8 Å². The van der Waals surface area contributed by atoms with Gasteiger partial charge in [0.1, 0.15) is 11.6 Å². The Morgan fingerprint density at radius 1 is 1.33 bits per heavy atom. The summed E-state index contributed by atoms with van der Waals surface area (Å²) in [4.78, 5) is 0. The molecule has 84 valence electrons. The van der Waals surface area contributed by atoms with Gasteiger partial charge in [-0.3, -0.25) is 0 Å². The van der Waals surface area contributed by atoms with Crippen molar-refractivity contribution in [1.82, 2.24) is 14.8 Å². The van der Waals surface area contributed by atoms with Gasteiger partial charge in [-0.05, 0) is 19.3 Å². The molecule has 0 atom stereocenters. The molecule has 0 radical (unpaired) electrons. The molecule has 1 heterocycles. The van der Waals surface area contributed by atoms with Crippen molar-refractivity contribution >= 4 is 0 Å². The molecule has 0 unspecified atom stereocenters. The summed E-state index contributed by atoms with van der Waals surface area (Å²) in [5, 5.41) is 8.50. The van der Waals surface area contributed by atoms with E-state index in [1.807, 2.05) is 7.05 Å². The topological polar surface area (TPSA) is 56.7 Å². The standard InChI is InChI=1S/C11H20N4/c1-3-11(6-4-5-7-11)10-14-13-9(8-12)15(10)2/h3-8,12H2,1-2H3. The van der Waals surface area contributed by atoms with E-state index in [2.05, 4.69) is 21.7 Å². The minimum atomic E-state index is 0.273. The van der Waals surface area contributed by atoms with Gasteiger partial charge in [0.05, 0.1) is 6.54 Å². The van der Waals surface area contributed by atoms with Gasteiger partial charge in [-0.25, -0.2) is 0 Å². The molecule has 0 amide bonds. The Bertz CT molecular complexity index is 336. The van der Waals surface area contributed by atoms with E-state index in [-0.39, 0.29) is 5.41 Å². The van der Waals surface area contributed by atoms with E-state index in [9.17, 15) is 0 Å². The Morgan fingerprint density at radius 2 is 2.00 bits per heavy atom. The van der Waals surface area contributed by atoms with Gasteiger partial charge >= 0.3 is 0 Å². The van der Waals surface area contributed by atoms with Crippen molar-refractivity contribution in [3.63, 3.8) is 0 Å². The first-order valence-electron chi connectivity index (χ1n) is 5.82. The second kappa shape index (κ2) is 3.93. The van der Waals surface area contributed by atoms with Gasteiger partial charge in [0.15, 0.2) is 0 Å². The van der Waals surface area contributed by atoms with Crippen molar-refractivity contribution in [3.05, 3.63) is 11.6 Å². The zero-order valence-electron chi connectivity index (χ0n) is 9.66. The molecular weight excluding hydrogens is 188 g/mol. The molecule has 1 aromatic heterocycles. The van der Waals surface area contributed by atoms with Crippen molar-refractivity contribution in [2.75, 3.05) is 0 Å². The number of nitrogens with two attached hydrogens (primary N) is 1. The van der Waals surface area contributed by atoms with Gasteiger partial charge in [0, 0.05) is 12.5 Å². The maximum atomic E-state index is 5.62. The molecule has 1 saturated carbocycles. The van der Waals surface area contributed by atoms with E-state index in [0.717, 1.165) is 18.1 Å². The van der Waals surface area contributed by atoms with Crippen LogP contribution in [0.3, 0.4) is 0 Å². The molecule has 1 aliphatic carbocycles. The van der Waals surface area contributed by atoms with Crippen LogP contribution in [-0.4, -0.2) is 14.8 Å². The Labute approximate surface area is 90.9 Å². The lowest BCUT2D eigenvalue weighted by atomic mass is 9.82. The summed E-state index contributed by atoms with van der Waals surface area (Å²) >= 11 is 0. The number of nitrogens with zero attached hydrogens (tertiary/aromatic N) is 3. The zero-order chi connectivity index (χ0) is 10.9. The summed E-state index contributed by atoms with van der Waals surface area (Å²) in [6, 6.07) is 0. The largest absolute Gasteiger partial charge is 0.324 e. The third-order valence-corrected chi connectivity index (χ3v) is 3.86. The summed E-state index contributed by atoms with van der Waals surface area (Å²) in [6.45, 7) is 2.73. The summed E-state index contributed by atoms with van der Waals surface area (Å²) in [5.41, 5.74) is 5.90. The van der Waals surface area contributed by atoms with Crippen LogP contribution in [0, 0.1) is 0 Å².